The third-order valence-electron chi connectivity index (χ3n) is 3.95. The Labute approximate surface area is 106 Å². The topological polar surface area (TPSA) is 102 Å². The van der Waals surface area contributed by atoms with Crippen molar-refractivity contribution < 1.29 is 19.4 Å². The van der Waals surface area contributed by atoms with Crippen LogP contribution >= 0.6 is 0 Å². The maximum atomic E-state index is 12.1. The van der Waals surface area contributed by atoms with Gasteiger partial charge in [0.25, 0.3) is 0 Å². The Morgan fingerprint density at radius 1 is 1.28 bits per heavy atom. The highest BCUT2D eigenvalue weighted by Gasteiger charge is 2.38. The fraction of sp³-hybridized carbons (Fsp3) is 0.833. The molecule has 1 aliphatic carbocycles. The van der Waals surface area contributed by atoms with Crippen LogP contribution in [0.3, 0.4) is 0 Å². The summed E-state index contributed by atoms with van der Waals surface area (Å²) in [7, 11) is 0. The number of nitrogens with two attached hydrogens (primary N) is 1. The van der Waals surface area contributed by atoms with E-state index in [9.17, 15) is 9.59 Å². The van der Waals surface area contributed by atoms with E-state index in [1.165, 1.54) is 0 Å². The Morgan fingerprint density at radius 2 is 1.94 bits per heavy atom. The molecule has 1 amide bonds. The first-order valence-corrected chi connectivity index (χ1v) is 6.42. The Kier molecular flexibility index (Phi) is 3.87. The quantitative estimate of drug-likeness (QED) is 0.652. The first-order valence-electron chi connectivity index (χ1n) is 6.42. The van der Waals surface area contributed by atoms with Gasteiger partial charge in [-0.1, -0.05) is 0 Å². The van der Waals surface area contributed by atoms with Crippen molar-refractivity contribution in [1.29, 1.82) is 0 Å². The van der Waals surface area contributed by atoms with Crippen molar-refractivity contribution in [2.75, 3.05) is 13.2 Å². The minimum absolute atomic E-state index is 0.0538. The lowest BCUT2D eigenvalue weighted by Crippen LogP contribution is -2.58. The lowest BCUT2D eigenvalue weighted by Gasteiger charge is -2.32. The molecule has 0 aromatic heterocycles. The minimum Gasteiger partial charge on any atom is -0.481 e. The van der Waals surface area contributed by atoms with Crippen molar-refractivity contribution >= 4 is 11.9 Å². The van der Waals surface area contributed by atoms with E-state index < -0.39 is 11.5 Å². The van der Waals surface area contributed by atoms with Gasteiger partial charge in [-0.15, -0.1) is 0 Å². The summed E-state index contributed by atoms with van der Waals surface area (Å²) in [5.41, 5.74) is 5.22. The molecule has 1 aliphatic heterocycles. The van der Waals surface area contributed by atoms with E-state index in [1.54, 1.807) is 0 Å². The first-order chi connectivity index (χ1) is 8.51. The van der Waals surface area contributed by atoms with Gasteiger partial charge >= 0.3 is 5.97 Å². The zero-order valence-electron chi connectivity index (χ0n) is 10.4. The number of carboxylic acid groups (broad SMARTS) is 1. The van der Waals surface area contributed by atoms with E-state index in [2.05, 4.69) is 5.32 Å². The van der Waals surface area contributed by atoms with Crippen LogP contribution < -0.4 is 11.1 Å². The number of nitrogens with one attached hydrogen (secondary N) is 1. The molecular formula is C12H20N2O4. The number of amides is 1. The molecule has 1 heterocycles. The molecule has 4 N–H and O–H groups in total. The van der Waals surface area contributed by atoms with Crippen LogP contribution in [0.1, 0.15) is 32.1 Å². The molecule has 6 nitrogen and oxygen atoms in total. The Morgan fingerprint density at radius 3 is 2.50 bits per heavy atom. The molecule has 2 unspecified atom stereocenters. The predicted molar refractivity (Wildman–Crippen MR) is 63.9 cm³/mol. The summed E-state index contributed by atoms with van der Waals surface area (Å²) in [5.74, 6) is -1.28. The van der Waals surface area contributed by atoms with Gasteiger partial charge < -0.3 is 20.9 Å². The number of rotatable bonds is 3. The van der Waals surface area contributed by atoms with Crippen LogP contribution in [-0.2, 0) is 14.3 Å². The van der Waals surface area contributed by atoms with Crippen molar-refractivity contribution in [3.8, 4) is 0 Å². The fourth-order valence-corrected chi connectivity index (χ4v) is 2.63. The lowest BCUT2D eigenvalue weighted by molar-refractivity contribution is -0.141. The average Bonchev–Trinajstić information content (AvgIpc) is 2.78. The molecule has 0 radical (unpaired) electrons. The van der Waals surface area contributed by atoms with E-state index in [4.69, 9.17) is 15.6 Å². The van der Waals surface area contributed by atoms with Crippen molar-refractivity contribution in [2.45, 2.75) is 43.7 Å². The highest BCUT2D eigenvalue weighted by atomic mass is 16.5. The largest absolute Gasteiger partial charge is 0.481 e. The van der Waals surface area contributed by atoms with Crippen molar-refractivity contribution in [3.05, 3.63) is 0 Å². The third kappa shape index (κ3) is 2.81. The van der Waals surface area contributed by atoms with Crippen molar-refractivity contribution in [3.63, 3.8) is 0 Å². The number of carbonyl (C=O) groups excluding carboxylic acids is 1. The van der Waals surface area contributed by atoms with Gasteiger partial charge in [-0.3, -0.25) is 9.59 Å². The van der Waals surface area contributed by atoms with Crippen LogP contribution in [0.5, 0.6) is 0 Å². The molecule has 6 heteroatoms. The van der Waals surface area contributed by atoms with Crippen LogP contribution in [0.25, 0.3) is 0 Å². The summed E-state index contributed by atoms with van der Waals surface area (Å²) in [6, 6.07) is -0.0538. The summed E-state index contributed by atoms with van der Waals surface area (Å²) >= 11 is 0. The Hall–Kier alpha value is -1.14. The summed E-state index contributed by atoms with van der Waals surface area (Å²) in [4.78, 5) is 23.0. The van der Waals surface area contributed by atoms with Gasteiger partial charge in [0.1, 0.15) is 0 Å². The molecular weight excluding hydrogens is 236 g/mol. The molecule has 1 saturated carbocycles. The number of hydrogen-bond donors (Lipinski definition) is 3. The minimum atomic E-state index is -0.848. The summed E-state index contributed by atoms with van der Waals surface area (Å²) < 4.78 is 5.20. The monoisotopic (exact) mass is 256 g/mol. The highest BCUT2D eigenvalue weighted by molar-refractivity contribution is 5.86. The molecule has 0 spiro atoms. The molecule has 2 aliphatic rings. The second-order valence-corrected chi connectivity index (χ2v) is 5.29. The maximum absolute atomic E-state index is 12.1. The SMILES string of the molecule is NC1(C(=O)NC2CCC(C(=O)O)C2)CCOCC1. The molecule has 18 heavy (non-hydrogen) atoms. The second-order valence-electron chi connectivity index (χ2n) is 5.29. The predicted octanol–water partition coefficient (Wildman–Crippen LogP) is -0.136. The number of carboxylic acids is 1. The molecule has 102 valence electrons. The molecule has 2 rings (SSSR count). The molecule has 1 saturated heterocycles. The second kappa shape index (κ2) is 5.24. The van der Waals surface area contributed by atoms with Gasteiger partial charge in [-0.2, -0.15) is 0 Å². The summed E-state index contributed by atoms with van der Waals surface area (Å²) in [6.07, 6.45) is 2.89. The van der Waals surface area contributed by atoms with Crippen LogP contribution in [0.4, 0.5) is 0 Å². The third-order valence-corrected chi connectivity index (χ3v) is 3.95. The van der Waals surface area contributed by atoms with Crippen molar-refractivity contribution in [1.82, 2.24) is 5.32 Å². The first kappa shape index (κ1) is 13.3. The van der Waals surface area contributed by atoms with Gasteiger partial charge in [0.15, 0.2) is 0 Å². The van der Waals surface area contributed by atoms with E-state index in [1.807, 2.05) is 0 Å². The molecule has 2 atom stereocenters. The lowest BCUT2D eigenvalue weighted by atomic mass is 9.90. The van der Waals surface area contributed by atoms with Gasteiger partial charge in [0, 0.05) is 19.3 Å². The summed E-state index contributed by atoms with van der Waals surface area (Å²) in [5, 5.41) is 11.8. The van der Waals surface area contributed by atoms with E-state index in [0.29, 0.717) is 38.9 Å². The zero-order chi connectivity index (χ0) is 13.2. The number of carbonyl (C=O) groups is 2. The normalized spacial score (nSPS) is 30.9. The van der Waals surface area contributed by atoms with Crippen LogP contribution in [0, 0.1) is 5.92 Å². The highest BCUT2D eigenvalue weighted by Crippen LogP contribution is 2.27. The average molecular weight is 256 g/mol. The molecule has 2 fully saturated rings. The van der Waals surface area contributed by atoms with E-state index in [0.717, 1.165) is 6.42 Å². The number of ether oxygens (including phenoxy) is 1. The molecule has 0 aromatic rings. The Balaban J connectivity index is 1.86. The zero-order valence-corrected chi connectivity index (χ0v) is 10.4. The fourth-order valence-electron chi connectivity index (χ4n) is 2.63. The molecule has 0 bridgehead atoms. The van der Waals surface area contributed by atoms with Gasteiger partial charge in [0.2, 0.25) is 5.91 Å². The van der Waals surface area contributed by atoms with E-state index >= 15 is 0 Å². The van der Waals surface area contributed by atoms with Gasteiger partial charge in [0.05, 0.1) is 11.5 Å². The Bertz CT molecular complexity index is 339. The van der Waals surface area contributed by atoms with Crippen LogP contribution in [0.2, 0.25) is 0 Å². The van der Waals surface area contributed by atoms with Gasteiger partial charge in [-0.05, 0) is 32.1 Å². The number of aliphatic carboxylic acids is 1. The smallest absolute Gasteiger partial charge is 0.306 e. The van der Waals surface area contributed by atoms with Gasteiger partial charge in [-0.25, -0.2) is 0 Å². The van der Waals surface area contributed by atoms with E-state index in [-0.39, 0.29) is 17.9 Å². The molecule has 0 aromatic carbocycles. The van der Waals surface area contributed by atoms with Crippen molar-refractivity contribution in [2.24, 2.45) is 11.7 Å². The standard InChI is InChI=1S/C12H20N2O4/c13-12(3-5-18-6-4-12)11(17)14-9-2-1-8(7-9)10(15)16/h8-9H,1-7,13H2,(H,14,17)(H,15,16). The maximum Gasteiger partial charge on any atom is 0.306 e. The number of hydrogen-bond acceptors (Lipinski definition) is 4. The van der Waals surface area contributed by atoms with Crippen LogP contribution in [-0.4, -0.2) is 41.8 Å². The van der Waals surface area contributed by atoms with Crippen LogP contribution in [0.15, 0.2) is 0 Å². The summed E-state index contributed by atoms with van der Waals surface area (Å²) in [6.45, 7) is 1.01.